The van der Waals surface area contributed by atoms with Crippen LogP contribution in [0.4, 0.5) is 17.2 Å². The third kappa shape index (κ3) is 13.1. The molecule has 3 aliphatic heterocycles. The first-order chi connectivity index (χ1) is 28.7. The van der Waals surface area contributed by atoms with E-state index in [0.29, 0.717) is 37.6 Å². The molecule has 0 saturated carbocycles. The van der Waals surface area contributed by atoms with Gasteiger partial charge in [0.05, 0.1) is 38.7 Å². The van der Waals surface area contributed by atoms with Gasteiger partial charge in [-0.05, 0) is 79.8 Å². The molecule has 3 aromatic rings. The summed E-state index contributed by atoms with van der Waals surface area (Å²) in [4.78, 5) is 32.8. The Morgan fingerprint density at radius 3 is 2.24 bits per heavy atom. The number of rotatable bonds is 21. The fourth-order valence-corrected chi connectivity index (χ4v) is 9.48. The second kappa shape index (κ2) is 23.1. The molecule has 59 heavy (non-hydrogen) atoms. The summed E-state index contributed by atoms with van der Waals surface area (Å²) in [5.74, 6) is 3.10. The number of ketones is 1. The largest absolute Gasteiger partial charge is 0.379 e. The van der Waals surface area contributed by atoms with Crippen molar-refractivity contribution in [2.24, 2.45) is 11.8 Å². The third-order valence-electron chi connectivity index (χ3n) is 12.5. The van der Waals surface area contributed by atoms with Crippen LogP contribution in [0.1, 0.15) is 98.7 Å². The molecule has 2 unspecified atom stereocenters. The molecule has 10 nitrogen and oxygen atoms in total. The molecular formula is C48H72N6O4S. The highest BCUT2D eigenvalue weighted by molar-refractivity contribution is 7.99. The maximum Gasteiger partial charge on any atom is 0.165 e. The zero-order chi connectivity index (χ0) is 41.6. The number of hydrogen-bond acceptors (Lipinski definition) is 11. The fourth-order valence-electron chi connectivity index (χ4n) is 8.69. The van der Waals surface area contributed by atoms with E-state index in [4.69, 9.17) is 24.2 Å². The zero-order valence-electron chi connectivity index (χ0n) is 37.0. The van der Waals surface area contributed by atoms with E-state index in [-0.39, 0.29) is 17.6 Å². The molecule has 3 fully saturated rings. The lowest BCUT2D eigenvalue weighted by Gasteiger charge is -2.38. The molecule has 0 bridgehead atoms. The summed E-state index contributed by atoms with van der Waals surface area (Å²) in [6.45, 7) is 23.6. The van der Waals surface area contributed by atoms with Gasteiger partial charge in [0, 0.05) is 112 Å². The van der Waals surface area contributed by atoms with Gasteiger partial charge in [-0.1, -0.05) is 52.7 Å². The highest BCUT2D eigenvalue weighted by Crippen LogP contribution is 2.33. The smallest absolute Gasteiger partial charge is 0.165 e. The Balaban J connectivity index is 0.958. The summed E-state index contributed by atoms with van der Waals surface area (Å²) >= 11 is 2.00. The van der Waals surface area contributed by atoms with Crippen molar-refractivity contribution in [3.8, 4) is 0 Å². The Morgan fingerprint density at radius 2 is 1.54 bits per heavy atom. The standard InChI is InChI=1S/C48H72N6O4S/c1-7-8-10-39-32-43(59-6)35-54(34-39)47-33-45(38(5)40-12-14-41(15-13-40)53-23-27-57-28-24-53)49-46(50-47)11-9-25-56-29-30-58-26-22-51-18-20-52(21-19-51)42-16-17-44(37(4)31-42)48(55)36(2)3/h12-17,31,33,36,38-39,43H,7-11,18-30,32,34-35H2,1-6H3/t38?,39-,43?/m0/s1. The van der Waals surface area contributed by atoms with Crippen molar-refractivity contribution in [3.63, 3.8) is 0 Å². The summed E-state index contributed by atoms with van der Waals surface area (Å²) in [6.07, 6.45) is 9.05. The van der Waals surface area contributed by atoms with Crippen LogP contribution >= 0.6 is 11.8 Å². The molecule has 0 amide bonds. The molecule has 0 spiro atoms. The molecule has 1 aromatic heterocycles. The highest BCUT2D eigenvalue weighted by Gasteiger charge is 2.29. The summed E-state index contributed by atoms with van der Waals surface area (Å²) in [5.41, 5.74) is 6.76. The van der Waals surface area contributed by atoms with Gasteiger partial charge in [0.25, 0.3) is 0 Å². The van der Waals surface area contributed by atoms with Crippen molar-refractivity contribution < 1.29 is 19.0 Å². The van der Waals surface area contributed by atoms with Gasteiger partial charge in [0.1, 0.15) is 11.6 Å². The van der Waals surface area contributed by atoms with E-state index in [1.165, 1.54) is 42.6 Å². The van der Waals surface area contributed by atoms with Crippen LogP contribution in [0.5, 0.6) is 0 Å². The van der Waals surface area contributed by atoms with Crippen molar-refractivity contribution in [1.29, 1.82) is 0 Å². The average molecular weight is 829 g/mol. The van der Waals surface area contributed by atoms with Crippen LogP contribution in [0.2, 0.25) is 0 Å². The van der Waals surface area contributed by atoms with Crippen molar-refractivity contribution in [2.45, 2.75) is 84.3 Å². The maximum absolute atomic E-state index is 12.5. The first-order valence-corrected chi connectivity index (χ1v) is 23.9. The number of benzene rings is 2. The minimum Gasteiger partial charge on any atom is -0.379 e. The Labute approximate surface area is 359 Å². The number of aryl methyl sites for hydroxylation is 2. The number of morpholine rings is 1. The number of ether oxygens (including phenoxy) is 3. The molecule has 324 valence electrons. The number of carbonyl (C=O) groups is 1. The number of aromatic nitrogens is 2. The topological polar surface area (TPSA) is 83.5 Å². The van der Waals surface area contributed by atoms with Crippen LogP contribution in [0.15, 0.2) is 48.5 Å². The minimum absolute atomic E-state index is 0.0153. The van der Waals surface area contributed by atoms with Gasteiger partial charge in [-0.15, -0.1) is 0 Å². The normalized spacial score (nSPS) is 19.7. The van der Waals surface area contributed by atoms with Gasteiger partial charge in [-0.2, -0.15) is 11.8 Å². The second-order valence-electron chi connectivity index (χ2n) is 17.2. The lowest BCUT2D eigenvalue weighted by molar-refractivity contribution is 0.0373. The number of nitrogens with zero attached hydrogens (tertiary/aromatic N) is 6. The minimum atomic E-state index is 0.0153. The fraction of sp³-hybridized carbons (Fsp3) is 0.646. The van der Waals surface area contributed by atoms with Crippen molar-refractivity contribution >= 4 is 34.7 Å². The Bertz CT molecular complexity index is 1730. The molecule has 3 aliphatic rings. The van der Waals surface area contributed by atoms with Crippen LogP contribution < -0.4 is 14.7 Å². The third-order valence-corrected chi connectivity index (χ3v) is 13.5. The number of piperidine rings is 1. The van der Waals surface area contributed by atoms with Gasteiger partial charge in [-0.3, -0.25) is 9.69 Å². The molecule has 4 heterocycles. The summed E-state index contributed by atoms with van der Waals surface area (Å²) in [5, 5.41) is 0.626. The Hall–Kier alpha value is -3.22. The van der Waals surface area contributed by atoms with Gasteiger partial charge in [0.2, 0.25) is 0 Å². The van der Waals surface area contributed by atoms with E-state index in [1.54, 1.807) is 0 Å². The number of piperazine rings is 1. The van der Waals surface area contributed by atoms with E-state index in [9.17, 15) is 4.79 Å². The van der Waals surface area contributed by atoms with Crippen molar-refractivity contribution in [1.82, 2.24) is 14.9 Å². The van der Waals surface area contributed by atoms with Gasteiger partial charge in [0.15, 0.2) is 5.78 Å². The van der Waals surface area contributed by atoms with Crippen molar-refractivity contribution in [2.75, 3.05) is 119 Å². The van der Waals surface area contributed by atoms with E-state index >= 15 is 0 Å². The van der Waals surface area contributed by atoms with Crippen LogP contribution in [0.25, 0.3) is 0 Å². The molecule has 11 heteroatoms. The Kier molecular flexibility index (Phi) is 17.8. The first-order valence-electron chi connectivity index (χ1n) is 22.6. The van der Waals surface area contributed by atoms with Gasteiger partial charge >= 0.3 is 0 Å². The SMILES string of the molecule is CCCC[C@H]1CC(SC)CN(c2cc(C(C)c3ccc(N4CCOCC4)cc3)nc(CCCOCCOCCN3CCN(c4ccc(C(=O)C(C)C)c(C)c4)CC3)n2)C1. The molecule has 0 N–H and O–H groups in total. The Morgan fingerprint density at radius 1 is 0.831 bits per heavy atom. The number of thioether (sulfide) groups is 1. The van der Waals surface area contributed by atoms with E-state index < -0.39 is 0 Å². The number of unbranched alkanes of at least 4 members (excludes halogenated alkanes) is 1. The number of hydrogen-bond donors (Lipinski definition) is 0. The first kappa shape index (κ1) is 45.3. The lowest BCUT2D eigenvalue weighted by atomic mass is 9.92. The van der Waals surface area contributed by atoms with Gasteiger partial charge in [-0.25, -0.2) is 9.97 Å². The molecule has 3 atom stereocenters. The van der Waals surface area contributed by atoms with E-state index in [1.807, 2.05) is 38.6 Å². The summed E-state index contributed by atoms with van der Waals surface area (Å²) < 4.78 is 17.6. The van der Waals surface area contributed by atoms with Crippen LogP contribution in [-0.2, 0) is 20.6 Å². The molecule has 0 radical (unpaired) electrons. The lowest BCUT2D eigenvalue weighted by Crippen LogP contribution is -2.47. The van der Waals surface area contributed by atoms with E-state index in [2.05, 4.69) is 82.2 Å². The average Bonchev–Trinajstić information content (AvgIpc) is 3.27. The predicted octanol–water partition coefficient (Wildman–Crippen LogP) is 8.15. The van der Waals surface area contributed by atoms with Gasteiger partial charge < -0.3 is 28.9 Å². The van der Waals surface area contributed by atoms with E-state index in [0.717, 1.165) is 113 Å². The highest BCUT2D eigenvalue weighted by atomic mass is 32.2. The number of Topliss-reactive ketones (excluding diaryl/α,β-unsaturated/α-hetero) is 1. The molecule has 2 aromatic carbocycles. The van der Waals surface area contributed by atoms with Crippen LogP contribution in [0.3, 0.4) is 0 Å². The second-order valence-corrected chi connectivity index (χ2v) is 18.3. The molecular weight excluding hydrogens is 757 g/mol. The summed E-state index contributed by atoms with van der Waals surface area (Å²) in [6, 6.07) is 17.6. The van der Waals surface area contributed by atoms with Crippen LogP contribution in [0, 0.1) is 18.8 Å². The summed E-state index contributed by atoms with van der Waals surface area (Å²) in [7, 11) is 0. The quantitative estimate of drug-likeness (QED) is 0.0771. The zero-order valence-corrected chi connectivity index (χ0v) is 37.8. The predicted molar refractivity (Wildman–Crippen MR) is 245 cm³/mol. The maximum atomic E-state index is 12.5. The molecule has 6 rings (SSSR count). The number of anilines is 3. The molecule has 0 aliphatic carbocycles. The monoisotopic (exact) mass is 829 g/mol. The number of carbonyl (C=O) groups excluding carboxylic acids is 1. The van der Waals surface area contributed by atoms with Crippen molar-refractivity contribution in [3.05, 3.63) is 76.7 Å². The van der Waals surface area contributed by atoms with Crippen LogP contribution in [-0.4, -0.2) is 131 Å². The molecule has 3 saturated heterocycles.